The van der Waals surface area contributed by atoms with Crippen LogP contribution in [0, 0.1) is 0 Å². The summed E-state index contributed by atoms with van der Waals surface area (Å²) in [4.78, 5) is 2.35. The Balaban J connectivity index is 2.15. The van der Waals surface area contributed by atoms with Gasteiger partial charge < -0.3 is 9.47 Å². The van der Waals surface area contributed by atoms with Crippen LogP contribution in [0.25, 0.3) is 0 Å². The summed E-state index contributed by atoms with van der Waals surface area (Å²) in [6, 6.07) is 3.77. The molecule has 1 atom stereocenters. The van der Waals surface area contributed by atoms with Crippen molar-refractivity contribution in [1.29, 1.82) is 0 Å². The van der Waals surface area contributed by atoms with Crippen molar-refractivity contribution in [3.8, 4) is 11.5 Å². The van der Waals surface area contributed by atoms with Crippen molar-refractivity contribution in [1.82, 2.24) is 9.62 Å². The minimum atomic E-state index is -3.64. The van der Waals surface area contributed by atoms with Crippen molar-refractivity contribution in [2.75, 3.05) is 27.8 Å². The molecule has 2 rings (SSSR count). The zero-order valence-corrected chi connectivity index (χ0v) is 16.2. The molecule has 130 valence electrons. The van der Waals surface area contributed by atoms with Gasteiger partial charge >= 0.3 is 0 Å². The lowest BCUT2D eigenvalue weighted by atomic mass is 10.3. The number of rotatable bonds is 8. The predicted octanol–water partition coefficient (Wildman–Crippen LogP) is 2.23. The third-order valence-corrected chi connectivity index (χ3v) is 6.50. The first kappa shape index (κ1) is 18.5. The molecule has 0 amide bonds. The van der Waals surface area contributed by atoms with E-state index < -0.39 is 10.0 Å². The molecule has 1 N–H and O–H groups in total. The molecule has 0 spiro atoms. The van der Waals surface area contributed by atoms with Gasteiger partial charge in [0, 0.05) is 29.2 Å². The Morgan fingerprint density at radius 2 is 1.87 bits per heavy atom. The van der Waals surface area contributed by atoms with Crippen LogP contribution in [-0.2, 0) is 10.0 Å². The molecule has 1 saturated carbocycles. The first-order chi connectivity index (χ1) is 10.8. The summed E-state index contributed by atoms with van der Waals surface area (Å²) in [6.07, 6.45) is 2.38. The van der Waals surface area contributed by atoms with Crippen LogP contribution < -0.4 is 14.2 Å². The Morgan fingerprint density at radius 1 is 1.30 bits per heavy atom. The smallest absolute Gasteiger partial charge is 0.241 e. The first-order valence-corrected chi connectivity index (χ1v) is 9.71. The molecule has 1 aliphatic rings. The lowest BCUT2D eigenvalue weighted by Crippen LogP contribution is -2.41. The van der Waals surface area contributed by atoms with Gasteiger partial charge in [-0.15, -0.1) is 0 Å². The van der Waals surface area contributed by atoms with E-state index in [0.29, 0.717) is 28.6 Å². The van der Waals surface area contributed by atoms with Crippen molar-refractivity contribution < 1.29 is 17.9 Å². The largest absolute Gasteiger partial charge is 0.493 e. The lowest BCUT2D eigenvalue weighted by molar-refractivity contribution is 0.248. The molecule has 1 aliphatic carbocycles. The fraction of sp³-hybridized carbons (Fsp3) is 0.600. The normalized spacial score (nSPS) is 16.4. The van der Waals surface area contributed by atoms with Crippen LogP contribution in [0.4, 0.5) is 0 Å². The summed E-state index contributed by atoms with van der Waals surface area (Å²) in [5.74, 6) is 0.847. The van der Waals surface area contributed by atoms with Crippen LogP contribution in [0.3, 0.4) is 0 Å². The number of halogens is 1. The van der Waals surface area contributed by atoms with E-state index in [-0.39, 0.29) is 10.9 Å². The maximum atomic E-state index is 12.6. The number of hydrogen-bond donors (Lipinski definition) is 1. The van der Waals surface area contributed by atoms with Gasteiger partial charge in [-0.05, 0) is 48.8 Å². The van der Waals surface area contributed by atoms with Gasteiger partial charge in [0.2, 0.25) is 10.0 Å². The fourth-order valence-electron chi connectivity index (χ4n) is 2.34. The van der Waals surface area contributed by atoms with Gasteiger partial charge in [0.15, 0.2) is 11.5 Å². The molecular formula is C15H23BrN2O4S. The highest BCUT2D eigenvalue weighted by Gasteiger charge is 2.30. The number of methoxy groups -OCH3 is 2. The summed E-state index contributed by atoms with van der Waals surface area (Å²) in [5, 5.41) is 0. The van der Waals surface area contributed by atoms with Gasteiger partial charge in [0.25, 0.3) is 0 Å². The molecule has 0 aliphatic heterocycles. The monoisotopic (exact) mass is 406 g/mol. The Labute approximate surface area is 146 Å². The van der Waals surface area contributed by atoms with Crippen LogP contribution in [-0.4, -0.2) is 53.2 Å². The number of nitrogens with one attached hydrogen (secondary N) is 1. The molecule has 0 radical (unpaired) electrons. The van der Waals surface area contributed by atoms with Crippen molar-refractivity contribution in [3.63, 3.8) is 0 Å². The lowest BCUT2D eigenvalue weighted by Gasteiger charge is -2.24. The molecule has 1 aromatic rings. The standard InChI is InChI=1S/C15H23BrN2O4S/c1-10(18(2)11-5-6-11)9-17-23(19,20)15-8-14(22-4)13(21-3)7-12(15)16/h7-8,10-11,17H,5-6,9H2,1-4H3. The van der Waals surface area contributed by atoms with Crippen LogP contribution in [0.15, 0.2) is 21.5 Å². The zero-order chi connectivity index (χ0) is 17.2. The van der Waals surface area contributed by atoms with Gasteiger partial charge in [-0.2, -0.15) is 0 Å². The topological polar surface area (TPSA) is 67.9 Å². The van der Waals surface area contributed by atoms with Crippen molar-refractivity contribution >= 4 is 26.0 Å². The SMILES string of the molecule is COc1cc(Br)c(S(=O)(=O)NCC(C)N(C)C2CC2)cc1OC. The highest BCUT2D eigenvalue weighted by atomic mass is 79.9. The molecule has 0 saturated heterocycles. The number of benzene rings is 1. The maximum absolute atomic E-state index is 12.6. The molecule has 8 heteroatoms. The molecule has 1 fully saturated rings. The second kappa shape index (κ2) is 7.38. The molecule has 0 aromatic heterocycles. The fourth-order valence-corrected chi connectivity index (χ4v) is 4.49. The van der Waals surface area contributed by atoms with E-state index in [0.717, 1.165) is 0 Å². The van der Waals surface area contributed by atoms with Gasteiger partial charge in [-0.1, -0.05) is 0 Å². The second-order valence-corrected chi connectivity index (χ2v) is 8.32. The van der Waals surface area contributed by atoms with Crippen LogP contribution in [0.2, 0.25) is 0 Å². The summed E-state index contributed by atoms with van der Waals surface area (Å²) in [5.41, 5.74) is 0. The predicted molar refractivity (Wildman–Crippen MR) is 92.7 cm³/mol. The van der Waals surface area contributed by atoms with E-state index in [1.807, 2.05) is 14.0 Å². The van der Waals surface area contributed by atoms with E-state index in [1.54, 1.807) is 6.07 Å². The Kier molecular flexibility index (Phi) is 5.94. The minimum Gasteiger partial charge on any atom is -0.493 e. The van der Waals surface area contributed by atoms with E-state index in [4.69, 9.17) is 9.47 Å². The zero-order valence-electron chi connectivity index (χ0n) is 13.8. The Morgan fingerprint density at radius 3 is 2.39 bits per heavy atom. The summed E-state index contributed by atoms with van der Waals surface area (Å²) in [7, 11) is 1.37. The Hall–Kier alpha value is -0.830. The van der Waals surface area contributed by atoms with Gasteiger partial charge in [0.1, 0.15) is 4.90 Å². The highest BCUT2D eigenvalue weighted by Crippen LogP contribution is 2.35. The van der Waals surface area contributed by atoms with Crippen molar-refractivity contribution in [2.24, 2.45) is 0 Å². The average molecular weight is 407 g/mol. The minimum absolute atomic E-state index is 0.135. The number of hydrogen-bond acceptors (Lipinski definition) is 5. The maximum Gasteiger partial charge on any atom is 0.241 e. The number of nitrogens with zero attached hydrogens (tertiary/aromatic N) is 1. The number of ether oxygens (including phenoxy) is 2. The molecule has 6 nitrogen and oxygen atoms in total. The molecular weight excluding hydrogens is 384 g/mol. The summed E-state index contributed by atoms with van der Waals surface area (Å²) in [6.45, 7) is 2.38. The van der Waals surface area contributed by atoms with E-state index >= 15 is 0 Å². The summed E-state index contributed by atoms with van der Waals surface area (Å²) < 4.78 is 38.6. The summed E-state index contributed by atoms with van der Waals surface area (Å²) >= 11 is 3.29. The first-order valence-electron chi connectivity index (χ1n) is 7.43. The highest BCUT2D eigenvalue weighted by molar-refractivity contribution is 9.10. The molecule has 0 bridgehead atoms. The van der Waals surface area contributed by atoms with Crippen LogP contribution in [0.5, 0.6) is 11.5 Å². The van der Waals surface area contributed by atoms with Gasteiger partial charge in [0.05, 0.1) is 14.2 Å². The van der Waals surface area contributed by atoms with Crippen LogP contribution >= 0.6 is 15.9 Å². The average Bonchev–Trinajstić information content (AvgIpc) is 3.36. The van der Waals surface area contributed by atoms with E-state index in [1.165, 1.54) is 33.1 Å². The van der Waals surface area contributed by atoms with Crippen molar-refractivity contribution in [3.05, 3.63) is 16.6 Å². The number of likely N-dealkylation sites (N-methyl/N-ethyl adjacent to an activating group) is 1. The third kappa shape index (κ3) is 4.37. The Bertz CT molecular complexity index is 662. The van der Waals surface area contributed by atoms with Gasteiger partial charge in [-0.3, -0.25) is 4.90 Å². The second-order valence-electron chi connectivity index (χ2n) is 5.74. The number of sulfonamides is 1. The van der Waals surface area contributed by atoms with E-state index in [2.05, 4.69) is 25.6 Å². The molecule has 1 unspecified atom stereocenters. The van der Waals surface area contributed by atoms with E-state index in [9.17, 15) is 8.42 Å². The quantitative estimate of drug-likeness (QED) is 0.716. The van der Waals surface area contributed by atoms with Gasteiger partial charge in [-0.25, -0.2) is 13.1 Å². The third-order valence-electron chi connectivity index (χ3n) is 4.11. The molecule has 23 heavy (non-hydrogen) atoms. The molecule has 0 heterocycles. The van der Waals surface area contributed by atoms with Crippen molar-refractivity contribution in [2.45, 2.75) is 36.7 Å². The van der Waals surface area contributed by atoms with Crippen LogP contribution in [0.1, 0.15) is 19.8 Å². The molecule has 1 aromatic carbocycles.